The zero-order valence-electron chi connectivity index (χ0n) is 12.4. The Morgan fingerprint density at radius 1 is 1.14 bits per heavy atom. The van der Waals surface area contributed by atoms with Crippen LogP contribution in [-0.2, 0) is 0 Å². The molecule has 3 rings (SSSR count). The molecule has 2 aromatic carbocycles. The van der Waals surface area contributed by atoms with Crippen LogP contribution in [-0.4, -0.2) is 4.98 Å². The molecule has 1 heterocycles. The minimum absolute atomic E-state index is 0.102. The van der Waals surface area contributed by atoms with Gasteiger partial charge in [0.2, 0.25) is 0 Å². The van der Waals surface area contributed by atoms with Crippen LogP contribution in [0.5, 0.6) is 0 Å². The maximum atomic E-state index is 13.9. The summed E-state index contributed by atoms with van der Waals surface area (Å²) in [5, 5.41) is 13.5. The van der Waals surface area contributed by atoms with Crippen molar-refractivity contribution < 1.29 is 9.12 Å². The lowest BCUT2D eigenvalue weighted by atomic mass is 10.00. The van der Waals surface area contributed by atoms with Crippen molar-refractivity contribution in [1.29, 1.82) is 0 Å². The van der Waals surface area contributed by atoms with Gasteiger partial charge in [-0.1, -0.05) is 43.1 Å². The van der Waals surface area contributed by atoms with Crippen molar-refractivity contribution in [3.63, 3.8) is 0 Å². The SMILES string of the molecule is CC(C)c1cc(-c2ccc(F)c3ccccc23)[n+]([O-])c(N)n1. The molecule has 0 amide bonds. The van der Waals surface area contributed by atoms with Crippen molar-refractivity contribution in [2.75, 3.05) is 5.73 Å². The molecule has 0 unspecified atom stereocenters. The van der Waals surface area contributed by atoms with Crippen LogP contribution < -0.4 is 10.5 Å². The zero-order valence-corrected chi connectivity index (χ0v) is 12.4. The average Bonchev–Trinajstić information content (AvgIpc) is 2.51. The minimum atomic E-state index is -0.317. The number of hydrogen-bond donors (Lipinski definition) is 1. The molecule has 1 aromatic heterocycles. The van der Waals surface area contributed by atoms with Crippen molar-refractivity contribution in [2.24, 2.45) is 0 Å². The monoisotopic (exact) mass is 297 g/mol. The quantitative estimate of drug-likeness (QED) is 0.582. The summed E-state index contributed by atoms with van der Waals surface area (Å²) in [6, 6.07) is 11.7. The first-order valence-electron chi connectivity index (χ1n) is 7.06. The van der Waals surface area contributed by atoms with E-state index in [1.807, 2.05) is 19.9 Å². The smallest absolute Gasteiger partial charge is 0.390 e. The van der Waals surface area contributed by atoms with Crippen LogP contribution in [0.15, 0.2) is 42.5 Å². The Kier molecular flexibility index (Phi) is 3.41. The first kappa shape index (κ1) is 14.3. The molecule has 0 radical (unpaired) electrons. The molecule has 0 saturated heterocycles. The van der Waals surface area contributed by atoms with Gasteiger partial charge < -0.3 is 5.21 Å². The van der Waals surface area contributed by atoms with E-state index in [-0.39, 0.29) is 17.7 Å². The van der Waals surface area contributed by atoms with Crippen LogP contribution in [0.1, 0.15) is 25.5 Å². The van der Waals surface area contributed by atoms with E-state index in [9.17, 15) is 9.60 Å². The van der Waals surface area contributed by atoms with Crippen LogP contribution in [0.25, 0.3) is 22.0 Å². The lowest BCUT2D eigenvalue weighted by Gasteiger charge is -2.16. The Morgan fingerprint density at radius 2 is 1.82 bits per heavy atom. The Hall–Kier alpha value is -2.69. The number of benzene rings is 2. The van der Waals surface area contributed by atoms with Gasteiger partial charge in [-0.3, -0.25) is 5.73 Å². The number of nitrogen functional groups attached to an aromatic ring is 1. The third-order valence-corrected chi connectivity index (χ3v) is 3.69. The van der Waals surface area contributed by atoms with Crippen LogP contribution in [0.2, 0.25) is 0 Å². The molecule has 112 valence electrons. The van der Waals surface area contributed by atoms with Crippen molar-refractivity contribution in [3.8, 4) is 11.3 Å². The van der Waals surface area contributed by atoms with Crippen LogP contribution in [0.3, 0.4) is 0 Å². The van der Waals surface area contributed by atoms with Gasteiger partial charge in [-0.2, -0.15) is 0 Å². The molecule has 4 nitrogen and oxygen atoms in total. The highest BCUT2D eigenvalue weighted by Crippen LogP contribution is 2.29. The van der Waals surface area contributed by atoms with Crippen LogP contribution in [0.4, 0.5) is 10.3 Å². The second-order valence-corrected chi connectivity index (χ2v) is 5.51. The van der Waals surface area contributed by atoms with E-state index in [0.29, 0.717) is 26.8 Å². The van der Waals surface area contributed by atoms with Gasteiger partial charge in [0.1, 0.15) is 17.2 Å². The van der Waals surface area contributed by atoms with Crippen LogP contribution in [0, 0.1) is 11.0 Å². The number of aromatic nitrogens is 2. The molecule has 0 aliphatic heterocycles. The van der Waals surface area contributed by atoms with E-state index in [4.69, 9.17) is 5.73 Å². The van der Waals surface area contributed by atoms with E-state index in [1.54, 1.807) is 30.3 Å². The number of hydrogen-bond acceptors (Lipinski definition) is 3. The van der Waals surface area contributed by atoms with Gasteiger partial charge in [0, 0.05) is 22.9 Å². The third kappa shape index (κ3) is 2.24. The second-order valence-electron chi connectivity index (χ2n) is 5.51. The van der Waals surface area contributed by atoms with Gasteiger partial charge in [-0.15, -0.1) is 0 Å². The molecule has 5 heteroatoms. The molecule has 22 heavy (non-hydrogen) atoms. The lowest BCUT2D eigenvalue weighted by molar-refractivity contribution is -0.580. The highest BCUT2D eigenvalue weighted by molar-refractivity contribution is 5.95. The van der Waals surface area contributed by atoms with Crippen LogP contribution >= 0.6 is 0 Å². The zero-order chi connectivity index (χ0) is 15.9. The van der Waals surface area contributed by atoms with E-state index < -0.39 is 0 Å². The maximum absolute atomic E-state index is 13.9. The number of fused-ring (bicyclic) bond motifs is 1. The Morgan fingerprint density at radius 3 is 2.50 bits per heavy atom. The summed E-state index contributed by atoms with van der Waals surface area (Å²) in [5.41, 5.74) is 7.49. The predicted molar refractivity (Wildman–Crippen MR) is 84.6 cm³/mol. The highest BCUT2D eigenvalue weighted by atomic mass is 19.1. The molecule has 0 spiro atoms. The second kappa shape index (κ2) is 5.26. The number of anilines is 1. The Bertz CT molecular complexity index is 862. The molecule has 0 saturated carbocycles. The predicted octanol–water partition coefficient (Wildman–Crippen LogP) is 3.38. The molecule has 0 atom stereocenters. The average molecular weight is 297 g/mol. The molecule has 3 aromatic rings. The van der Waals surface area contributed by atoms with Gasteiger partial charge in [-0.05, 0) is 17.5 Å². The van der Waals surface area contributed by atoms with Gasteiger partial charge in [0.05, 0.1) is 0 Å². The van der Waals surface area contributed by atoms with Crippen molar-refractivity contribution in [3.05, 3.63) is 59.2 Å². The molecule has 0 aliphatic carbocycles. The Labute approximate surface area is 127 Å². The van der Waals surface area contributed by atoms with Crippen molar-refractivity contribution >= 4 is 16.7 Å². The summed E-state index contributed by atoms with van der Waals surface area (Å²) < 4.78 is 14.5. The molecular weight excluding hydrogens is 281 g/mol. The fourth-order valence-electron chi connectivity index (χ4n) is 2.50. The van der Waals surface area contributed by atoms with E-state index in [0.717, 1.165) is 5.69 Å². The number of halogens is 1. The molecule has 0 fully saturated rings. The molecule has 2 N–H and O–H groups in total. The fraction of sp³-hybridized carbons (Fsp3) is 0.176. The number of nitrogens with zero attached hydrogens (tertiary/aromatic N) is 2. The van der Waals surface area contributed by atoms with Gasteiger partial charge in [-0.25, -0.2) is 9.12 Å². The summed E-state index contributed by atoms with van der Waals surface area (Å²) in [4.78, 5) is 4.11. The Balaban J connectivity index is 2.35. The molecule has 0 aliphatic rings. The topological polar surface area (TPSA) is 65.8 Å². The lowest BCUT2D eigenvalue weighted by Crippen LogP contribution is -2.35. The van der Waals surface area contributed by atoms with Gasteiger partial charge >= 0.3 is 5.95 Å². The maximum Gasteiger partial charge on any atom is 0.390 e. The summed E-state index contributed by atoms with van der Waals surface area (Å²) in [6.07, 6.45) is 0. The molecular formula is C17H16FN3O. The summed E-state index contributed by atoms with van der Waals surface area (Å²) in [6.45, 7) is 3.95. The molecule has 0 bridgehead atoms. The third-order valence-electron chi connectivity index (χ3n) is 3.69. The fourth-order valence-corrected chi connectivity index (χ4v) is 2.50. The van der Waals surface area contributed by atoms with Gasteiger partial charge in [0.25, 0.3) is 0 Å². The normalized spacial score (nSPS) is 11.3. The standard InChI is InChI=1S/C17H16FN3O/c1-10(2)15-9-16(21(22)17(19)20-15)13-7-8-14(18)12-6-4-3-5-11(12)13/h3-10H,1-2H3,(H2,19,20). The minimum Gasteiger partial charge on any atom is -0.740 e. The van der Waals surface area contributed by atoms with Gasteiger partial charge in [0.15, 0.2) is 0 Å². The number of rotatable bonds is 2. The number of nitrogens with two attached hydrogens (primary N) is 1. The van der Waals surface area contributed by atoms with E-state index >= 15 is 0 Å². The van der Waals surface area contributed by atoms with Crippen molar-refractivity contribution in [2.45, 2.75) is 19.8 Å². The van der Waals surface area contributed by atoms with Crippen molar-refractivity contribution in [1.82, 2.24) is 4.98 Å². The highest BCUT2D eigenvalue weighted by Gasteiger charge is 2.17. The first-order valence-corrected chi connectivity index (χ1v) is 7.06. The first-order chi connectivity index (χ1) is 10.5. The summed E-state index contributed by atoms with van der Waals surface area (Å²) in [7, 11) is 0. The summed E-state index contributed by atoms with van der Waals surface area (Å²) >= 11 is 0. The van der Waals surface area contributed by atoms with E-state index in [2.05, 4.69) is 4.98 Å². The summed E-state index contributed by atoms with van der Waals surface area (Å²) in [5.74, 6) is -0.286. The largest absolute Gasteiger partial charge is 0.740 e. The van der Waals surface area contributed by atoms with E-state index in [1.165, 1.54) is 6.07 Å².